The summed E-state index contributed by atoms with van der Waals surface area (Å²) in [5.74, 6) is 0. The number of hydrogen-bond donors (Lipinski definition) is 2. The number of nitrogens with two attached hydrogens (primary N) is 2. The first kappa shape index (κ1) is 10.2. The van der Waals surface area contributed by atoms with Crippen molar-refractivity contribution in [2.24, 2.45) is 11.5 Å². The molecule has 68 valence electrons. The highest BCUT2D eigenvalue weighted by molar-refractivity contribution is 9.10. The topological polar surface area (TPSA) is 52.0 Å². The van der Waals surface area contributed by atoms with Gasteiger partial charge >= 0.3 is 0 Å². The summed E-state index contributed by atoms with van der Waals surface area (Å²) in [6.45, 7) is 2.05. The Labute approximate surface area is 85.1 Å². The first-order chi connectivity index (χ1) is 5.66. The summed E-state index contributed by atoms with van der Waals surface area (Å²) in [4.78, 5) is 1.14. The fraction of sp³-hybridized carbons (Fsp3) is 0.500. The monoisotopic (exact) mass is 248 g/mol. The molecular weight excluding hydrogens is 236 g/mol. The molecule has 4 N–H and O–H groups in total. The lowest BCUT2D eigenvalue weighted by Crippen LogP contribution is -2.32. The molecule has 12 heavy (non-hydrogen) atoms. The molecule has 0 fully saturated rings. The van der Waals surface area contributed by atoms with Crippen LogP contribution in [0.15, 0.2) is 15.9 Å². The largest absolute Gasteiger partial charge is 0.326 e. The van der Waals surface area contributed by atoms with E-state index >= 15 is 0 Å². The Morgan fingerprint density at radius 3 is 2.67 bits per heavy atom. The molecule has 0 amide bonds. The molecule has 4 heteroatoms. The van der Waals surface area contributed by atoms with Gasteiger partial charge in [-0.25, -0.2) is 0 Å². The summed E-state index contributed by atoms with van der Waals surface area (Å²) in [6, 6.07) is 2.02. The SMILES string of the molecule is CC[C@H](N)[C@@H](N)c1sccc1Br. The van der Waals surface area contributed by atoms with Crippen molar-refractivity contribution in [1.82, 2.24) is 0 Å². The van der Waals surface area contributed by atoms with E-state index in [9.17, 15) is 0 Å². The molecule has 0 unspecified atom stereocenters. The van der Waals surface area contributed by atoms with E-state index in [1.54, 1.807) is 11.3 Å². The van der Waals surface area contributed by atoms with Crippen LogP contribution in [0, 0.1) is 0 Å². The molecule has 1 aromatic heterocycles. The summed E-state index contributed by atoms with van der Waals surface area (Å²) in [5, 5.41) is 2.02. The maximum Gasteiger partial charge on any atom is 0.0554 e. The van der Waals surface area contributed by atoms with Crippen LogP contribution in [0.25, 0.3) is 0 Å². The molecule has 1 rings (SSSR count). The van der Waals surface area contributed by atoms with E-state index in [1.165, 1.54) is 0 Å². The smallest absolute Gasteiger partial charge is 0.0554 e. The Hall–Kier alpha value is 0.100. The summed E-state index contributed by atoms with van der Waals surface area (Å²) in [6.07, 6.45) is 0.908. The summed E-state index contributed by atoms with van der Waals surface area (Å²) >= 11 is 5.09. The second kappa shape index (κ2) is 4.37. The van der Waals surface area contributed by atoms with Crippen molar-refractivity contribution in [3.63, 3.8) is 0 Å². The molecule has 0 radical (unpaired) electrons. The Kier molecular flexibility index (Phi) is 3.71. The average molecular weight is 249 g/mol. The third-order valence-corrected chi connectivity index (χ3v) is 3.85. The van der Waals surface area contributed by atoms with Crippen molar-refractivity contribution in [2.75, 3.05) is 0 Å². The molecular formula is C8H13BrN2S. The van der Waals surface area contributed by atoms with E-state index in [4.69, 9.17) is 11.5 Å². The van der Waals surface area contributed by atoms with Crippen LogP contribution in [-0.2, 0) is 0 Å². The number of hydrogen-bond acceptors (Lipinski definition) is 3. The highest BCUT2D eigenvalue weighted by atomic mass is 79.9. The van der Waals surface area contributed by atoms with Gasteiger partial charge in [0.1, 0.15) is 0 Å². The van der Waals surface area contributed by atoms with Crippen molar-refractivity contribution >= 4 is 27.3 Å². The summed E-state index contributed by atoms with van der Waals surface area (Å²) in [5.41, 5.74) is 11.8. The molecule has 0 aliphatic rings. The van der Waals surface area contributed by atoms with Gasteiger partial charge in [-0.15, -0.1) is 11.3 Å². The Morgan fingerprint density at radius 1 is 1.58 bits per heavy atom. The van der Waals surface area contributed by atoms with Crippen LogP contribution in [0.2, 0.25) is 0 Å². The van der Waals surface area contributed by atoms with Gasteiger partial charge in [0.15, 0.2) is 0 Å². The predicted octanol–water partition coefficient (Wildman–Crippen LogP) is 2.25. The third-order valence-electron chi connectivity index (χ3n) is 1.88. The molecule has 2 atom stereocenters. The van der Waals surface area contributed by atoms with E-state index < -0.39 is 0 Å². The Bertz CT molecular complexity index is 249. The number of halogens is 1. The van der Waals surface area contributed by atoms with Gasteiger partial charge in [0.2, 0.25) is 0 Å². The van der Waals surface area contributed by atoms with Gasteiger partial charge in [0.05, 0.1) is 6.04 Å². The van der Waals surface area contributed by atoms with Crippen LogP contribution < -0.4 is 11.5 Å². The zero-order chi connectivity index (χ0) is 9.14. The van der Waals surface area contributed by atoms with E-state index in [2.05, 4.69) is 15.9 Å². The molecule has 1 aromatic rings. The fourth-order valence-electron chi connectivity index (χ4n) is 0.992. The van der Waals surface area contributed by atoms with Crippen molar-refractivity contribution in [3.05, 3.63) is 20.8 Å². The molecule has 1 heterocycles. The van der Waals surface area contributed by atoms with Crippen LogP contribution in [0.1, 0.15) is 24.3 Å². The second-order valence-corrected chi connectivity index (χ2v) is 4.53. The zero-order valence-corrected chi connectivity index (χ0v) is 9.36. The van der Waals surface area contributed by atoms with E-state index in [1.807, 2.05) is 18.4 Å². The quantitative estimate of drug-likeness (QED) is 0.863. The number of thiophene rings is 1. The van der Waals surface area contributed by atoms with Crippen LogP contribution in [0.5, 0.6) is 0 Å². The first-order valence-electron chi connectivity index (χ1n) is 3.90. The third kappa shape index (κ3) is 2.07. The molecule has 0 aliphatic carbocycles. The lowest BCUT2D eigenvalue weighted by atomic mass is 10.1. The molecule has 0 bridgehead atoms. The van der Waals surface area contributed by atoms with Gasteiger partial charge in [-0.3, -0.25) is 0 Å². The van der Waals surface area contributed by atoms with Gasteiger partial charge in [0, 0.05) is 15.4 Å². The van der Waals surface area contributed by atoms with Gasteiger partial charge in [-0.05, 0) is 33.8 Å². The lowest BCUT2D eigenvalue weighted by Gasteiger charge is -2.17. The summed E-state index contributed by atoms with van der Waals surface area (Å²) < 4.78 is 1.07. The van der Waals surface area contributed by atoms with Crippen LogP contribution >= 0.6 is 27.3 Å². The normalized spacial score (nSPS) is 16.0. The maximum atomic E-state index is 5.95. The van der Waals surface area contributed by atoms with Crippen molar-refractivity contribution in [2.45, 2.75) is 25.4 Å². The standard InChI is InChI=1S/C8H13BrN2S/c1-2-6(10)7(11)8-5(9)3-4-12-8/h3-4,6-7H,2,10-11H2,1H3/t6-,7+/m0/s1. The van der Waals surface area contributed by atoms with Gasteiger partial charge in [0.25, 0.3) is 0 Å². The van der Waals surface area contributed by atoms with Crippen LogP contribution in [-0.4, -0.2) is 6.04 Å². The van der Waals surface area contributed by atoms with Gasteiger partial charge in [-0.1, -0.05) is 6.92 Å². The minimum atomic E-state index is -0.0376. The molecule has 0 spiro atoms. The van der Waals surface area contributed by atoms with Crippen molar-refractivity contribution in [3.8, 4) is 0 Å². The Balaban J connectivity index is 2.77. The molecule has 0 aliphatic heterocycles. The van der Waals surface area contributed by atoms with Gasteiger partial charge in [-0.2, -0.15) is 0 Å². The predicted molar refractivity (Wildman–Crippen MR) is 57.2 cm³/mol. The van der Waals surface area contributed by atoms with E-state index in [0.717, 1.165) is 15.8 Å². The lowest BCUT2D eigenvalue weighted by molar-refractivity contribution is 0.538. The molecule has 0 saturated heterocycles. The fourth-order valence-corrected chi connectivity index (χ4v) is 2.71. The minimum Gasteiger partial charge on any atom is -0.326 e. The van der Waals surface area contributed by atoms with E-state index in [0.29, 0.717) is 0 Å². The highest BCUT2D eigenvalue weighted by Crippen LogP contribution is 2.29. The zero-order valence-electron chi connectivity index (χ0n) is 6.96. The average Bonchev–Trinajstić information content (AvgIpc) is 2.48. The van der Waals surface area contributed by atoms with Crippen molar-refractivity contribution in [1.29, 1.82) is 0 Å². The minimum absolute atomic E-state index is 0.0376. The Morgan fingerprint density at radius 2 is 2.25 bits per heavy atom. The molecule has 0 aromatic carbocycles. The van der Waals surface area contributed by atoms with Crippen molar-refractivity contribution < 1.29 is 0 Å². The van der Waals surface area contributed by atoms with Gasteiger partial charge < -0.3 is 11.5 Å². The maximum absolute atomic E-state index is 5.95. The van der Waals surface area contributed by atoms with E-state index in [-0.39, 0.29) is 12.1 Å². The number of rotatable bonds is 3. The highest BCUT2D eigenvalue weighted by Gasteiger charge is 2.16. The first-order valence-corrected chi connectivity index (χ1v) is 5.58. The second-order valence-electron chi connectivity index (χ2n) is 2.73. The van der Waals surface area contributed by atoms with Crippen LogP contribution in [0.3, 0.4) is 0 Å². The molecule has 2 nitrogen and oxygen atoms in total. The van der Waals surface area contributed by atoms with Crippen LogP contribution in [0.4, 0.5) is 0 Å². The molecule has 0 saturated carbocycles. The summed E-state index contributed by atoms with van der Waals surface area (Å²) in [7, 11) is 0.